The SMILES string of the molecule is CC(O)CCCCN1CCCOC(C)C1. The van der Waals surface area contributed by atoms with Crippen molar-refractivity contribution in [1.29, 1.82) is 0 Å². The molecular weight excluding hydrogens is 190 g/mol. The van der Waals surface area contributed by atoms with E-state index < -0.39 is 0 Å². The molecule has 0 bridgehead atoms. The zero-order chi connectivity index (χ0) is 11.1. The number of nitrogens with zero attached hydrogens (tertiary/aromatic N) is 1. The van der Waals surface area contributed by atoms with Crippen molar-refractivity contribution in [2.24, 2.45) is 0 Å². The van der Waals surface area contributed by atoms with E-state index in [4.69, 9.17) is 9.84 Å². The number of aliphatic hydroxyl groups excluding tert-OH is 1. The van der Waals surface area contributed by atoms with Crippen LogP contribution in [0.2, 0.25) is 0 Å². The number of hydrogen-bond donors (Lipinski definition) is 1. The number of hydrogen-bond acceptors (Lipinski definition) is 3. The molecule has 0 aromatic carbocycles. The summed E-state index contributed by atoms with van der Waals surface area (Å²) >= 11 is 0. The van der Waals surface area contributed by atoms with Crippen molar-refractivity contribution in [3.8, 4) is 0 Å². The highest BCUT2D eigenvalue weighted by Crippen LogP contribution is 2.08. The van der Waals surface area contributed by atoms with E-state index in [0.29, 0.717) is 6.10 Å². The largest absolute Gasteiger partial charge is 0.393 e. The summed E-state index contributed by atoms with van der Waals surface area (Å²) in [6, 6.07) is 0. The molecule has 1 N–H and O–H groups in total. The Kier molecular flexibility index (Phi) is 6.22. The Morgan fingerprint density at radius 1 is 1.47 bits per heavy atom. The van der Waals surface area contributed by atoms with Gasteiger partial charge < -0.3 is 14.7 Å². The fraction of sp³-hybridized carbons (Fsp3) is 1.00. The first-order valence-corrected chi connectivity index (χ1v) is 6.20. The van der Waals surface area contributed by atoms with Crippen molar-refractivity contribution < 1.29 is 9.84 Å². The predicted octanol–water partition coefficient (Wildman–Crippen LogP) is 1.65. The number of rotatable bonds is 5. The molecule has 0 aromatic rings. The third-order valence-corrected chi connectivity index (χ3v) is 2.88. The molecule has 0 aliphatic carbocycles. The average Bonchev–Trinajstić information content (AvgIpc) is 2.37. The van der Waals surface area contributed by atoms with Gasteiger partial charge in [0, 0.05) is 19.7 Å². The molecule has 1 saturated heterocycles. The third-order valence-electron chi connectivity index (χ3n) is 2.88. The Labute approximate surface area is 93.4 Å². The second-order valence-corrected chi connectivity index (χ2v) is 4.68. The molecule has 1 aliphatic rings. The molecule has 0 saturated carbocycles. The molecule has 1 fully saturated rings. The lowest BCUT2D eigenvalue weighted by molar-refractivity contribution is 0.0673. The van der Waals surface area contributed by atoms with Crippen LogP contribution in [0, 0.1) is 0 Å². The molecule has 0 aromatic heterocycles. The molecule has 3 heteroatoms. The molecule has 0 radical (unpaired) electrons. The fourth-order valence-electron chi connectivity index (χ4n) is 2.06. The highest BCUT2D eigenvalue weighted by atomic mass is 16.5. The third kappa shape index (κ3) is 6.13. The van der Waals surface area contributed by atoms with Gasteiger partial charge in [-0.05, 0) is 46.1 Å². The second-order valence-electron chi connectivity index (χ2n) is 4.68. The van der Waals surface area contributed by atoms with Crippen LogP contribution in [0.25, 0.3) is 0 Å². The van der Waals surface area contributed by atoms with Crippen LogP contribution in [0.5, 0.6) is 0 Å². The first-order valence-electron chi connectivity index (χ1n) is 6.20. The molecule has 0 amide bonds. The van der Waals surface area contributed by atoms with Crippen LogP contribution in [-0.2, 0) is 4.74 Å². The quantitative estimate of drug-likeness (QED) is 0.708. The van der Waals surface area contributed by atoms with Gasteiger partial charge in [0.15, 0.2) is 0 Å². The Bertz CT molecular complexity index is 162. The topological polar surface area (TPSA) is 32.7 Å². The van der Waals surface area contributed by atoms with E-state index in [1.807, 2.05) is 6.92 Å². The van der Waals surface area contributed by atoms with E-state index in [1.54, 1.807) is 0 Å². The van der Waals surface area contributed by atoms with Gasteiger partial charge in [-0.3, -0.25) is 0 Å². The Morgan fingerprint density at radius 2 is 2.27 bits per heavy atom. The van der Waals surface area contributed by atoms with Gasteiger partial charge >= 0.3 is 0 Å². The zero-order valence-corrected chi connectivity index (χ0v) is 10.1. The van der Waals surface area contributed by atoms with Crippen molar-refractivity contribution in [2.45, 2.75) is 51.7 Å². The van der Waals surface area contributed by atoms with Crippen molar-refractivity contribution in [1.82, 2.24) is 4.90 Å². The van der Waals surface area contributed by atoms with Crippen LogP contribution in [0.15, 0.2) is 0 Å². The average molecular weight is 215 g/mol. The first kappa shape index (κ1) is 12.9. The second kappa shape index (κ2) is 7.20. The predicted molar refractivity (Wildman–Crippen MR) is 62.0 cm³/mol. The summed E-state index contributed by atoms with van der Waals surface area (Å²) in [7, 11) is 0. The van der Waals surface area contributed by atoms with Gasteiger partial charge in [0.1, 0.15) is 0 Å². The van der Waals surface area contributed by atoms with E-state index in [2.05, 4.69) is 11.8 Å². The summed E-state index contributed by atoms with van der Waals surface area (Å²) in [5.74, 6) is 0. The molecule has 1 aliphatic heterocycles. The van der Waals surface area contributed by atoms with Crippen LogP contribution in [0.1, 0.15) is 39.5 Å². The maximum absolute atomic E-state index is 9.14. The molecule has 2 unspecified atom stereocenters. The van der Waals surface area contributed by atoms with Crippen molar-refractivity contribution in [3.63, 3.8) is 0 Å². The monoisotopic (exact) mass is 215 g/mol. The lowest BCUT2D eigenvalue weighted by Gasteiger charge is -2.21. The van der Waals surface area contributed by atoms with Crippen LogP contribution in [0.3, 0.4) is 0 Å². The van der Waals surface area contributed by atoms with Crippen LogP contribution < -0.4 is 0 Å². The van der Waals surface area contributed by atoms with Gasteiger partial charge in [0.2, 0.25) is 0 Å². The highest BCUT2D eigenvalue weighted by Gasteiger charge is 2.14. The maximum Gasteiger partial charge on any atom is 0.0673 e. The Morgan fingerprint density at radius 3 is 3.00 bits per heavy atom. The summed E-state index contributed by atoms with van der Waals surface area (Å²) < 4.78 is 5.60. The van der Waals surface area contributed by atoms with Crippen LogP contribution in [-0.4, -0.2) is 48.5 Å². The van der Waals surface area contributed by atoms with Gasteiger partial charge in [0.05, 0.1) is 12.2 Å². The minimum absolute atomic E-state index is 0.142. The van der Waals surface area contributed by atoms with E-state index in [-0.39, 0.29) is 6.10 Å². The van der Waals surface area contributed by atoms with Crippen LogP contribution in [0.4, 0.5) is 0 Å². The normalized spacial score (nSPS) is 26.2. The van der Waals surface area contributed by atoms with Gasteiger partial charge in [-0.25, -0.2) is 0 Å². The smallest absolute Gasteiger partial charge is 0.0673 e. The van der Waals surface area contributed by atoms with E-state index in [1.165, 1.54) is 13.0 Å². The van der Waals surface area contributed by atoms with Crippen molar-refractivity contribution >= 4 is 0 Å². The van der Waals surface area contributed by atoms with Gasteiger partial charge in [-0.1, -0.05) is 0 Å². The zero-order valence-electron chi connectivity index (χ0n) is 10.1. The summed E-state index contributed by atoms with van der Waals surface area (Å²) in [4.78, 5) is 2.49. The van der Waals surface area contributed by atoms with Crippen LogP contribution >= 0.6 is 0 Å². The molecule has 15 heavy (non-hydrogen) atoms. The van der Waals surface area contributed by atoms with Gasteiger partial charge in [-0.15, -0.1) is 0 Å². The van der Waals surface area contributed by atoms with E-state index in [0.717, 1.165) is 39.0 Å². The lowest BCUT2D eigenvalue weighted by atomic mass is 10.1. The first-order chi connectivity index (χ1) is 7.18. The number of ether oxygens (including phenoxy) is 1. The molecule has 2 atom stereocenters. The summed E-state index contributed by atoms with van der Waals surface area (Å²) in [5.41, 5.74) is 0. The van der Waals surface area contributed by atoms with Crippen molar-refractivity contribution in [3.05, 3.63) is 0 Å². The molecule has 1 heterocycles. The van der Waals surface area contributed by atoms with Gasteiger partial charge in [-0.2, -0.15) is 0 Å². The summed E-state index contributed by atoms with van der Waals surface area (Å²) in [6.45, 7) is 8.30. The standard InChI is InChI=1S/C12H25NO2/c1-11(14)6-3-4-7-13-8-5-9-15-12(2)10-13/h11-12,14H,3-10H2,1-2H3. The molecule has 1 rings (SSSR count). The number of unbranched alkanes of at least 4 members (excludes halogenated alkanes) is 1. The lowest BCUT2D eigenvalue weighted by Crippen LogP contribution is -2.31. The minimum atomic E-state index is -0.142. The molecule has 3 nitrogen and oxygen atoms in total. The molecule has 90 valence electrons. The Balaban J connectivity index is 2.08. The van der Waals surface area contributed by atoms with Crippen molar-refractivity contribution in [2.75, 3.05) is 26.2 Å². The van der Waals surface area contributed by atoms with Gasteiger partial charge in [0.25, 0.3) is 0 Å². The Hall–Kier alpha value is -0.120. The van der Waals surface area contributed by atoms with E-state index >= 15 is 0 Å². The highest BCUT2D eigenvalue weighted by molar-refractivity contribution is 4.66. The maximum atomic E-state index is 9.14. The summed E-state index contributed by atoms with van der Waals surface area (Å²) in [6.07, 6.45) is 4.64. The van der Waals surface area contributed by atoms with E-state index in [9.17, 15) is 0 Å². The minimum Gasteiger partial charge on any atom is -0.393 e. The molecule has 0 spiro atoms. The molecular formula is C12H25NO2. The summed E-state index contributed by atoms with van der Waals surface area (Å²) in [5, 5.41) is 9.14. The fourth-order valence-corrected chi connectivity index (χ4v) is 2.06. The number of aliphatic hydroxyl groups is 1.